The third-order valence-electron chi connectivity index (χ3n) is 6.37. The molecule has 1 aromatic heterocycles. The average Bonchev–Trinajstić information content (AvgIpc) is 3.20. The largest absolute Gasteiger partial charge is 0.350 e. The van der Waals surface area contributed by atoms with E-state index in [1.165, 1.54) is 27.8 Å². The highest BCUT2D eigenvalue weighted by molar-refractivity contribution is 6.01. The lowest BCUT2D eigenvalue weighted by molar-refractivity contribution is -0.132. The zero-order chi connectivity index (χ0) is 23.0. The van der Waals surface area contributed by atoms with Crippen molar-refractivity contribution in [3.8, 4) is 0 Å². The minimum atomic E-state index is -1.19. The van der Waals surface area contributed by atoms with Crippen molar-refractivity contribution < 1.29 is 18.8 Å². The van der Waals surface area contributed by atoms with Gasteiger partial charge in [0.15, 0.2) is 5.69 Å². The fourth-order valence-electron chi connectivity index (χ4n) is 3.98. The number of likely N-dealkylation sites (N-methyl/N-ethyl adjacent to an activating group) is 2. The molecule has 1 atom stereocenters. The summed E-state index contributed by atoms with van der Waals surface area (Å²) in [5.41, 5.74) is 0.0497. The molecule has 2 aliphatic heterocycles. The van der Waals surface area contributed by atoms with Gasteiger partial charge in [0.25, 0.3) is 11.8 Å². The van der Waals surface area contributed by atoms with Crippen LogP contribution < -0.4 is 5.32 Å². The van der Waals surface area contributed by atoms with Gasteiger partial charge in [0.2, 0.25) is 5.91 Å². The highest BCUT2D eigenvalue weighted by Crippen LogP contribution is 2.26. The summed E-state index contributed by atoms with van der Waals surface area (Å²) in [6, 6.07) is 7.35. The molecule has 1 saturated heterocycles. The fourth-order valence-corrected chi connectivity index (χ4v) is 3.98. The highest BCUT2D eigenvalue weighted by Gasteiger charge is 2.46. The molecule has 0 unspecified atom stereocenters. The first-order valence-electron chi connectivity index (χ1n) is 10.6. The fraction of sp³-hybridized carbons (Fsp3) is 0.455. The van der Waals surface area contributed by atoms with Crippen LogP contribution in [-0.4, -0.2) is 88.0 Å². The van der Waals surface area contributed by atoms with Crippen LogP contribution in [-0.2, 0) is 17.9 Å². The Labute approximate surface area is 185 Å². The van der Waals surface area contributed by atoms with E-state index in [0.717, 1.165) is 18.7 Å². The number of hydrogen-bond donors (Lipinski definition) is 1. The van der Waals surface area contributed by atoms with E-state index in [0.29, 0.717) is 13.1 Å². The summed E-state index contributed by atoms with van der Waals surface area (Å²) in [6.07, 6.45) is 0. The van der Waals surface area contributed by atoms with Gasteiger partial charge < -0.3 is 20.0 Å². The number of halogens is 1. The molecule has 0 radical (unpaired) electrons. The van der Waals surface area contributed by atoms with Crippen LogP contribution in [0, 0.1) is 5.82 Å². The Balaban J connectivity index is 1.50. The van der Waals surface area contributed by atoms with E-state index in [-0.39, 0.29) is 48.0 Å². The van der Waals surface area contributed by atoms with E-state index in [1.807, 2.05) is 7.05 Å². The van der Waals surface area contributed by atoms with Crippen LogP contribution >= 0.6 is 0 Å². The number of benzene rings is 1. The summed E-state index contributed by atoms with van der Waals surface area (Å²) in [6.45, 7) is 4.77. The first-order valence-corrected chi connectivity index (χ1v) is 10.6. The van der Waals surface area contributed by atoms with Crippen LogP contribution in [0.1, 0.15) is 33.5 Å². The van der Waals surface area contributed by atoms with Crippen LogP contribution in [0.5, 0.6) is 0 Å². The van der Waals surface area contributed by atoms with Gasteiger partial charge in [0.05, 0.1) is 6.54 Å². The molecule has 170 valence electrons. The molecule has 4 rings (SSSR count). The Hall–Kier alpha value is -3.27. The van der Waals surface area contributed by atoms with Crippen LogP contribution in [0.4, 0.5) is 4.39 Å². The van der Waals surface area contributed by atoms with Gasteiger partial charge in [-0.1, -0.05) is 12.1 Å². The maximum atomic E-state index is 13.1. The van der Waals surface area contributed by atoms with Gasteiger partial charge in [0, 0.05) is 45.8 Å². The molecule has 0 spiro atoms. The predicted octanol–water partition coefficient (Wildman–Crippen LogP) is 0.571. The van der Waals surface area contributed by atoms with Gasteiger partial charge >= 0.3 is 0 Å². The summed E-state index contributed by atoms with van der Waals surface area (Å²) >= 11 is 0. The molecule has 9 nitrogen and oxygen atoms in total. The topological polar surface area (TPSA) is 90.8 Å². The molecule has 0 saturated carbocycles. The Bertz CT molecular complexity index is 1040. The van der Waals surface area contributed by atoms with Crippen molar-refractivity contribution >= 4 is 17.7 Å². The number of rotatable bonds is 4. The first-order chi connectivity index (χ1) is 15.2. The predicted molar refractivity (Wildman–Crippen MR) is 114 cm³/mol. The number of fused-ring (bicyclic) bond motifs is 1. The molecule has 1 aromatic carbocycles. The zero-order valence-electron chi connectivity index (χ0n) is 18.5. The van der Waals surface area contributed by atoms with Crippen molar-refractivity contribution in [3.05, 3.63) is 53.1 Å². The van der Waals surface area contributed by atoms with E-state index in [9.17, 15) is 18.8 Å². The van der Waals surface area contributed by atoms with Gasteiger partial charge in [-0.15, -0.1) is 0 Å². The Morgan fingerprint density at radius 3 is 2.44 bits per heavy atom. The molecule has 1 N–H and O–H groups in total. The minimum absolute atomic E-state index is 0.121. The molecule has 32 heavy (non-hydrogen) atoms. The standard InChI is InChI=1S/C22H27FN6O3/c1-22(21(32)24-13-15-4-6-16(23)7-5-15)14-29-18(20(31)27(22)3)12-17(25-29)19(30)28-10-8-26(2)9-11-28/h4-7,12H,8-11,13-14H2,1-3H3,(H,24,32)/t22-/m1/s1. The lowest BCUT2D eigenvalue weighted by atomic mass is 9.96. The van der Waals surface area contributed by atoms with E-state index >= 15 is 0 Å². The van der Waals surface area contributed by atoms with Gasteiger partial charge in [-0.05, 0) is 31.7 Å². The third kappa shape index (κ3) is 3.97. The van der Waals surface area contributed by atoms with Gasteiger partial charge in [0.1, 0.15) is 17.1 Å². The molecule has 3 heterocycles. The second-order valence-corrected chi connectivity index (χ2v) is 8.62. The average molecular weight is 442 g/mol. The molecule has 0 bridgehead atoms. The number of piperazine rings is 1. The molecule has 2 aliphatic rings. The van der Waals surface area contributed by atoms with Crippen LogP contribution in [0.25, 0.3) is 0 Å². The van der Waals surface area contributed by atoms with Crippen molar-refractivity contribution in [2.75, 3.05) is 40.3 Å². The lowest BCUT2D eigenvalue weighted by Crippen LogP contribution is -2.62. The smallest absolute Gasteiger partial charge is 0.274 e. The number of amides is 3. The Morgan fingerprint density at radius 1 is 1.12 bits per heavy atom. The maximum Gasteiger partial charge on any atom is 0.274 e. The molecule has 10 heteroatoms. The summed E-state index contributed by atoms with van der Waals surface area (Å²) < 4.78 is 14.5. The number of hydrogen-bond acceptors (Lipinski definition) is 5. The Kier molecular flexibility index (Phi) is 5.72. The number of carbonyl (C=O) groups is 3. The summed E-state index contributed by atoms with van der Waals surface area (Å²) in [5, 5.41) is 7.20. The number of carbonyl (C=O) groups excluding carboxylic acids is 3. The second-order valence-electron chi connectivity index (χ2n) is 8.62. The third-order valence-corrected chi connectivity index (χ3v) is 6.37. The van der Waals surface area contributed by atoms with Gasteiger partial charge in [-0.25, -0.2) is 4.39 Å². The SMILES string of the molecule is CN1CCN(C(=O)c2cc3n(n2)C[C@](C)(C(=O)NCc2ccc(F)cc2)N(C)C3=O)CC1. The first kappa shape index (κ1) is 21.9. The molecular weight excluding hydrogens is 415 g/mol. The molecule has 2 aromatic rings. The maximum absolute atomic E-state index is 13.1. The van der Waals surface area contributed by atoms with Crippen LogP contribution in [0.3, 0.4) is 0 Å². The van der Waals surface area contributed by atoms with E-state index in [4.69, 9.17) is 0 Å². The van der Waals surface area contributed by atoms with Crippen molar-refractivity contribution in [3.63, 3.8) is 0 Å². The van der Waals surface area contributed by atoms with Crippen LogP contribution in [0.15, 0.2) is 30.3 Å². The number of aromatic nitrogens is 2. The molecule has 0 aliphatic carbocycles. The zero-order valence-corrected chi connectivity index (χ0v) is 18.5. The van der Waals surface area contributed by atoms with Crippen molar-refractivity contribution in [1.29, 1.82) is 0 Å². The van der Waals surface area contributed by atoms with Gasteiger partial charge in [-0.3, -0.25) is 19.1 Å². The monoisotopic (exact) mass is 442 g/mol. The second kappa shape index (κ2) is 8.34. The Morgan fingerprint density at radius 2 is 1.78 bits per heavy atom. The van der Waals surface area contributed by atoms with Crippen molar-refractivity contribution in [1.82, 2.24) is 29.8 Å². The summed E-state index contributed by atoms with van der Waals surface area (Å²) in [4.78, 5) is 44.2. The normalized spacial score (nSPS) is 21.4. The van der Waals surface area contributed by atoms with Crippen LogP contribution in [0.2, 0.25) is 0 Å². The van der Waals surface area contributed by atoms with Crippen molar-refractivity contribution in [2.45, 2.75) is 25.6 Å². The quantitative estimate of drug-likeness (QED) is 0.748. The highest BCUT2D eigenvalue weighted by atomic mass is 19.1. The van der Waals surface area contributed by atoms with Crippen molar-refractivity contribution in [2.24, 2.45) is 0 Å². The summed E-state index contributed by atoms with van der Waals surface area (Å²) in [7, 11) is 3.58. The van der Waals surface area contributed by atoms with E-state index in [1.54, 1.807) is 31.0 Å². The number of nitrogens with one attached hydrogen (secondary N) is 1. The molecule has 1 fully saturated rings. The van der Waals surface area contributed by atoms with E-state index < -0.39 is 5.54 Å². The summed E-state index contributed by atoms with van der Waals surface area (Å²) in [5.74, 6) is -1.29. The molecule has 3 amide bonds. The minimum Gasteiger partial charge on any atom is -0.350 e. The molecular formula is C22H27FN6O3. The van der Waals surface area contributed by atoms with E-state index in [2.05, 4.69) is 15.3 Å². The number of nitrogens with zero attached hydrogens (tertiary/aromatic N) is 5. The van der Waals surface area contributed by atoms with Gasteiger partial charge in [-0.2, -0.15) is 5.10 Å². The lowest BCUT2D eigenvalue weighted by Gasteiger charge is -2.40.